The van der Waals surface area contributed by atoms with E-state index in [0.29, 0.717) is 0 Å². The Morgan fingerprint density at radius 1 is 1.64 bits per heavy atom. The molecule has 0 aromatic carbocycles. The van der Waals surface area contributed by atoms with Gasteiger partial charge in [-0.15, -0.1) is 0 Å². The number of alkyl halides is 2. The summed E-state index contributed by atoms with van der Waals surface area (Å²) >= 11 is 7.99. The molecule has 3 nitrogen and oxygen atoms in total. The molecule has 1 aromatic heterocycles. The fourth-order valence-electron chi connectivity index (χ4n) is 0.894. The Balaban J connectivity index is 3.45. The second kappa shape index (κ2) is 4.18. The van der Waals surface area contributed by atoms with Crippen molar-refractivity contribution in [2.45, 2.75) is 6.43 Å². The van der Waals surface area contributed by atoms with Crippen LogP contribution in [0.4, 0.5) is 14.5 Å². The van der Waals surface area contributed by atoms with E-state index in [2.05, 4.69) is 20.9 Å². The SMILES string of the molecule is Nc1c(Br)cnc(C(=O)Cl)c1C(F)F. The zero-order chi connectivity index (χ0) is 10.9. The molecule has 0 aliphatic carbocycles. The molecule has 7 heteroatoms. The molecule has 76 valence electrons. The number of halogens is 4. The van der Waals surface area contributed by atoms with E-state index in [1.54, 1.807) is 0 Å². The van der Waals surface area contributed by atoms with Gasteiger partial charge in [0.25, 0.3) is 11.7 Å². The van der Waals surface area contributed by atoms with Crippen LogP contribution >= 0.6 is 27.5 Å². The highest BCUT2D eigenvalue weighted by Crippen LogP contribution is 2.33. The summed E-state index contributed by atoms with van der Waals surface area (Å²) in [5, 5.41) is -1.06. The normalized spacial score (nSPS) is 10.6. The zero-order valence-corrected chi connectivity index (χ0v) is 8.94. The Morgan fingerprint density at radius 2 is 2.21 bits per heavy atom. The van der Waals surface area contributed by atoms with E-state index >= 15 is 0 Å². The van der Waals surface area contributed by atoms with Crippen LogP contribution in [0.1, 0.15) is 22.5 Å². The van der Waals surface area contributed by atoms with Crippen LogP contribution in [-0.2, 0) is 0 Å². The number of carbonyl (C=O) groups excluding carboxylic acids is 1. The molecule has 0 fully saturated rings. The number of nitrogens with zero attached hydrogens (tertiary/aromatic N) is 1. The van der Waals surface area contributed by atoms with Crippen molar-refractivity contribution in [1.82, 2.24) is 4.98 Å². The number of pyridine rings is 1. The molecule has 2 N–H and O–H groups in total. The summed E-state index contributed by atoms with van der Waals surface area (Å²) in [5.74, 6) is 0. The quantitative estimate of drug-likeness (QED) is 0.850. The number of anilines is 1. The summed E-state index contributed by atoms with van der Waals surface area (Å²) in [5.41, 5.74) is 3.97. The van der Waals surface area contributed by atoms with Gasteiger partial charge in [-0.05, 0) is 27.5 Å². The van der Waals surface area contributed by atoms with Gasteiger partial charge in [-0.25, -0.2) is 13.8 Å². The predicted molar refractivity (Wildman–Crippen MR) is 51.5 cm³/mol. The molecule has 0 spiro atoms. The van der Waals surface area contributed by atoms with Crippen LogP contribution in [0.5, 0.6) is 0 Å². The molecule has 1 aromatic rings. The minimum atomic E-state index is -2.89. The Morgan fingerprint density at radius 3 is 2.64 bits per heavy atom. The van der Waals surface area contributed by atoms with E-state index in [-0.39, 0.29) is 10.2 Å². The maximum atomic E-state index is 12.5. The van der Waals surface area contributed by atoms with Crippen molar-refractivity contribution in [2.24, 2.45) is 0 Å². The molecule has 0 bridgehead atoms. The third-order valence-electron chi connectivity index (χ3n) is 1.51. The van der Waals surface area contributed by atoms with Gasteiger partial charge in [0.15, 0.2) is 0 Å². The molecule has 1 rings (SSSR count). The lowest BCUT2D eigenvalue weighted by Gasteiger charge is -2.08. The van der Waals surface area contributed by atoms with Gasteiger partial charge in [0.2, 0.25) is 0 Å². The summed E-state index contributed by atoms with van der Waals surface area (Å²) in [4.78, 5) is 14.2. The van der Waals surface area contributed by atoms with E-state index in [1.807, 2.05) is 0 Å². The lowest BCUT2D eigenvalue weighted by Crippen LogP contribution is -2.06. The van der Waals surface area contributed by atoms with Gasteiger partial charge in [0.1, 0.15) is 5.69 Å². The molecule has 0 atom stereocenters. The third-order valence-corrected chi connectivity index (χ3v) is 2.32. The maximum absolute atomic E-state index is 12.5. The summed E-state index contributed by atoms with van der Waals surface area (Å²) in [6, 6.07) is 0. The summed E-state index contributed by atoms with van der Waals surface area (Å²) in [6.07, 6.45) is -1.74. The molecule has 0 aliphatic heterocycles. The number of nitrogen functional groups attached to an aromatic ring is 1. The molecule has 0 radical (unpaired) electrons. The number of hydrogen-bond acceptors (Lipinski definition) is 3. The Hall–Kier alpha value is -0.750. The third kappa shape index (κ3) is 2.01. The van der Waals surface area contributed by atoms with Crippen LogP contribution in [0.25, 0.3) is 0 Å². The summed E-state index contributed by atoms with van der Waals surface area (Å²) < 4.78 is 25.2. The summed E-state index contributed by atoms with van der Waals surface area (Å²) in [6.45, 7) is 0. The van der Waals surface area contributed by atoms with Gasteiger partial charge in [0.05, 0.1) is 15.7 Å². The van der Waals surface area contributed by atoms with Crippen molar-refractivity contribution in [3.8, 4) is 0 Å². The average molecular weight is 285 g/mol. The van der Waals surface area contributed by atoms with E-state index in [1.165, 1.54) is 0 Å². The first kappa shape index (κ1) is 11.3. The van der Waals surface area contributed by atoms with Crippen molar-refractivity contribution < 1.29 is 13.6 Å². The highest BCUT2D eigenvalue weighted by atomic mass is 79.9. The monoisotopic (exact) mass is 284 g/mol. The fraction of sp³-hybridized carbons (Fsp3) is 0.143. The second-order valence-electron chi connectivity index (χ2n) is 2.36. The van der Waals surface area contributed by atoms with Crippen LogP contribution < -0.4 is 5.73 Å². The number of carbonyl (C=O) groups is 1. The number of aromatic nitrogens is 1. The van der Waals surface area contributed by atoms with Crippen molar-refractivity contribution in [2.75, 3.05) is 5.73 Å². The maximum Gasteiger partial charge on any atom is 0.271 e. The van der Waals surface area contributed by atoms with Gasteiger partial charge in [0, 0.05) is 6.20 Å². The van der Waals surface area contributed by atoms with Gasteiger partial charge in [-0.3, -0.25) is 4.79 Å². The standard InChI is InChI=1S/C7H4BrClF2N2O/c8-2-1-13-5(6(9)14)3(4(2)12)7(10)11/h1,7H,(H2,12,13). The number of hydrogen-bond donors (Lipinski definition) is 1. The molecular weight excluding hydrogens is 281 g/mol. The van der Waals surface area contributed by atoms with Gasteiger partial charge >= 0.3 is 0 Å². The smallest absolute Gasteiger partial charge is 0.271 e. The van der Waals surface area contributed by atoms with Crippen LogP contribution in [0, 0.1) is 0 Å². The molecule has 0 aliphatic rings. The number of rotatable bonds is 2. The van der Waals surface area contributed by atoms with E-state index < -0.39 is 22.9 Å². The first-order valence-electron chi connectivity index (χ1n) is 3.37. The highest BCUT2D eigenvalue weighted by Gasteiger charge is 2.23. The van der Waals surface area contributed by atoms with Crippen molar-refractivity contribution in [1.29, 1.82) is 0 Å². The lowest BCUT2D eigenvalue weighted by atomic mass is 10.2. The predicted octanol–water partition coefficient (Wildman–Crippen LogP) is 2.74. The minimum absolute atomic E-state index is 0.203. The highest BCUT2D eigenvalue weighted by molar-refractivity contribution is 9.10. The van der Waals surface area contributed by atoms with Gasteiger partial charge in [-0.2, -0.15) is 0 Å². The fourth-order valence-corrected chi connectivity index (χ4v) is 1.36. The van der Waals surface area contributed by atoms with Crippen molar-refractivity contribution in [3.63, 3.8) is 0 Å². The van der Waals surface area contributed by atoms with Crippen LogP contribution in [-0.4, -0.2) is 10.2 Å². The first-order chi connectivity index (χ1) is 6.45. The molecule has 0 amide bonds. The van der Waals surface area contributed by atoms with Crippen molar-refractivity contribution in [3.05, 3.63) is 21.9 Å². The molecule has 0 unspecified atom stereocenters. The Bertz CT molecular complexity index is 386. The van der Waals surface area contributed by atoms with Crippen LogP contribution in [0.2, 0.25) is 0 Å². The Labute approximate surface area is 91.4 Å². The zero-order valence-electron chi connectivity index (χ0n) is 6.60. The molecule has 1 heterocycles. The number of nitrogens with two attached hydrogens (primary N) is 1. The second-order valence-corrected chi connectivity index (χ2v) is 3.55. The molecular formula is C7H4BrClF2N2O. The van der Waals surface area contributed by atoms with Crippen LogP contribution in [0.3, 0.4) is 0 Å². The molecule has 14 heavy (non-hydrogen) atoms. The lowest BCUT2D eigenvalue weighted by molar-refractivity contribution is 0.106. The van der Waals surface area contributed by atoms with Gasteiger partial charge in [-0.1, -0.05) is 0 Å². The Kier molecular flexibility index (Phi) is 3.38. The average Bonchev–Trinajstić information content (AvgIpc) is 2.08. The van der Waals surface area contributed by atoms with Gasteiger partial charge < -0.3 is 5.73 Å². The van der Waals surface area contributed by atoms with E-state index in [9.17, 15) is 13.6 Å². The first-order valence-corrected chi connectivity index (χ1v) is 4.54. The van der Waals surface area contributed by atoms with E-state index in [4.69, 9.17) is 17.3 Å². The molecule has 0 saturated carbocycles. The molecule has 0 saturated heterocycles. The summed E-state index contributed by atoms with van der Waals surface area (Å²) in [7, 11) is 0. The largest absolute Gasteiger partial charge is 0.397 e. The topological polar surface area (TPSA) is 56.0 Å². The van der Waals surface area contributed by atoms with E-state index in [0.717, 1.165) is 6.20 Å². The minimum Gasteiger partial charge on any atom is -0.397 e. The van der Waals surface area contributed by atoms with Crippen molar-refractivity contribution >= 4 is 38.5 Å². The van der Waals surface area contributed by atoms with Crippen LogP contribution in [0.15, 0.2) is 10.7 Å².